The summed E-state index contributed by atoms with van der Waals surface area (Å²) < 4.78 is 9.78. The summed E-state index contributed by atoms with van der Waals surface area (Å²) in [4.78, 5) is 35.9. The molecular weight excluding hydrogens is 274 g/mol. The first-order valence-corrected chi connectivity index (χ1v) is 6.72. The molecule has 0 fully saturated rings. The van der Waals surface area contributed by atoms with Gasteiger partial charge in [-0.3, -0.25) is 14.4 Å². The Morgan fingerprint density at radius 3 is 2.05 bits per heavy atom. The monoisotopic (exact) mass is 293 g/mol. The van der Waals surface area contributed by atoms with Crippen LogP contribution in [-0.4, -0.2) is 44.5 Å². The van der Waals surface area contributed by atoms with Crippen molar-refractivity contribution >= 4 is 23.9 Å². The van der Waals surface area contributed by atoms with Gasteiger partial charge in [-0.05, 0) is 26.0 Å². The number of nitrogens with zero attached hydrogens (tertiary/aromatic N) is 1. The molecule has 0 atom stereocenters. The summed E-state index contributed by atoms with van der Waals surface area (Å²) in [6, 6.07) is 6.72. The fraction of sp³-hybridized carbons (Fsp3) is 0.400. The van der Waals surface area contributed by atoms with Crippen LogP contribution >= 0.6 is 0 Å². The highest BCUT2D eigenvalue weighted by Gasteiger charge is 2.19. The molecule has 0 radical (unpaired) electrons. The van der Waals surface area contributed by atoms with Crippen LogP contribution in [-0.2, 0) is 19.1 Å². The van der Waals surface area contributed by atoms with Crippen LogP contribution in [0.2, 0.25) is 0 Å². The van der Waals surface area contributed by atoms with Gasteiger partial charge in [0.1, 0.15) is 13.1 Å². The van der Waals surface area contributed by atoms with Crippen LogP contribution in [0.4, 0.5) is 5.69 Å². The van der Waals surface area contributed by atoms with Gasteiger partial charge in [0.2, 0.25) is 0 Å². The normalized spacial score (nSPS) is 9.81. The molecule has 0 aromatic heterocycles. The third-order valence-electron chi connectivity index (χ3n) is 2.65. The van der Waals surface area contributed by atoms with Crippen molar-refractivity contribution in [2.45, 2.75) is 13.8 Å². The van der Waals surface area contributed by atoms with E-state index in [1.54, 1.807) is 38.1 Å². The number of carbonyl (C=O) groups is 3. The molecule has 0 amide bonds. The van der Waals surface area contributed by atoms with E-state index in [1.165, 1.54) is 4.90 Å². The van der Waals surface area contributed by atoms with Gasteiger partial charge in [0.25, 0.3) is 0 Å². The van der Waals surface area contributed by atoms with Crippen LogP contribution in [0.15, 0.2) is 24.3 Å². The molecule has 0 bridgehead atoms. The molecule has 21 heavy (non-hydrogen) atoms. The minimum atomic E-state index is -0.470. The van der Waals surface area contributed by atoms with Gasteiger partial charge in [-0.15, -0.1) is 0 Å². The minimum Gasteiger partial charge on any atom is -0.465 e. The number of rotatable bonds is 8. The Hall–Kier alpha value is -2.37. The van der Waals surface area contributed by atoms with Crippen molar-refractivity contribution in [3.8, 4) is 0 Å². The van der Waals surface area contributed by atoms with Crippen LogP contribution in [0, 0.1) is 0 Å². The molecule has 1 aromatic rings. The second-order valence-corrected chi connectivity index (χ2v) is 4.14. The van der Waals surface area contributed by atoms with Crippen molar-refractivity contribution < 1.29 is 23.9 Å². The van der Waals surface area contributed by atoms with E-state index in [4.69, 9.17) is 9.47 Å². The largest absolute Gasteiger partial charge is 0.465 e. The maximum atomic E-state index is 11.7. The molecule has 114 valence electrons. The highest BCUT2D eigenvalue weighted by Crippen LogP contribution is 2.18. The zero-order chi connectivity index (χ0) is 15.7. The van der Waals surface area contributed by atoms with Crippen LogP contribution in [0.3, 0.4) is 0 Å². The van der Waals surface area contributed by atoms with E-state index in [2.05, 4.69) is 0 Å². The van der Waals surface area contributed by atoms with Crippen molar-refractivity contribution in [1.29, 1.82) is 0 Å². The molecule has 0 aliphatic carbocycles. The summed E-state index contributed by atoms with van der Waals surface area (Å²) in [5.74, 6) is -0.940. The minimum absolute atomic E-state index is 0.127. The van der Waals surface area contributed by atoms with Crippen LogP contribution < -0.4 is 4.90 Å². The first-order valence-electron chi connectivity index (χ1n) is 6.72. The average Bonchev–Trinajstić information content (AvgIpc) is 2.47. The maximum Gasteiger partial charge on any atom is 0.325 e. The third-order valence-corrected chi connectivity index (χ3v) is 2.65. The van der Waals surface area contributed by atoms with Gasteiger partial charge in [0.05, 0.1) is 13.2 Å². The van der Waals surface area contributed by atoms with Crippen molar-refractivity contribution in [3.63, 3.8) is 0 Å². The lowest BCUT2D eigenvalue weighted by Crippen LogP contribution is -2.36. The van der Waals surface area contributed by atoms with Crippen molar-refractivity contribution in [3.05, 3.63) is 29.8 Å². The molecule has 6 heteroatoms. The Kier molecular flexibility index (Phi) is 6.94. The van der Waals surface area contributed by atoms with Gasteiger partial charge in [0.15, 0.2) is 6.29 Å². The number of benzene rings is 1. The van der Waals surface area contributed by atoms with E-state index in [0.29, 0.717) is 17.5 Å². The fourth-order valence-corrected chi connectivity index (χ4v) is 1.83. The highest BCUT2D eigenvalue weighted by molar-refractivity contribution is 5.89. The van der Waals surface area contributed by atoms with Crippen molar-refractivity contribution in [2.75, 3.05) is 31.2 Å². The van der Waals surface area contributed by atoms with E-state index in [9.17, 15) is 14.4 Å². The fourth-order valence-electron chi connectivity index (χ4n) is 1.83. The Bertz CT molecular complexity index is 481. The molecular formula is C15H19NO5. The number of ether oxygens (including phenoxy) is 2. The number of hydrogen-bond donors (Lipinski definition) is 0. The van der Waals surface area contributed by atoms with E-state index in [0.717, 1.165) is 0 Å². The quantitative estimate of drug-likeness (QED) is 0.533. The van der Waals surface area contributed by atoms with Crippen molar-refractivity contribution in [1.82, 2.24) is 0 Å². The number of aldehydes is 1. The second-order valence-electron chi connectivity index (χ2n) is 4.14. The summed E-state index contributed by atoms with van der Waals surface area (Å²) in [5.41, 5.74) is 0.889. The zero-order valence-corrected chi connectivity index (χ0v) is 12.2. The Morgan fingerprint density at radius 2 is 1.57 bits per heavy atom. The van der Waals surface area contributed by atoms with Gasteiger partial charge in [-0.25, -0.2) is 0 Å². The van der Waals surface area contributed by atoms with E-state index < -0.39 is 11.9 Å². The summed E-state index contributed by atoms with van der Waals surface area (Å²) in [5, 5.41) is 0. The first kappa shape index (κ1) is 16.7. The smallest absolute Gasteiger partial charge is 0.325 e. The first-order chi connectivity index (χ1) is 10.1. The summed E-state index contributed by atoms with van der Waals surface area (Å²) in [6.45, 7) is 3.65. The van der Waals surface area contributed by atoms with Crippen LogP contribution in [0.1, 0.15) is 24.2 Å². The SMILES string of the molecule is CCOC(=O)CN(CC(=O)OCC)c1ccccc1C=O. The van der Waals surface area contributed by atoms with E-state index in [-0.39, 0.29) is 26.3 Å². The molecule has 0 aliphatic rings. The number of carbonyl (C=O) groups excluding carboxylic acids is 3. The van der Waals surface area contributed by atoms with E-state index in [1.807, 2.05) is 0 Å². The van der Waals surface area contributed by atoms with E-state index >= 15 is 0 Å². The zero-order valence-electron chi connectivity index (χ0n) is 12.2. The molecule has 0 N–H and O–H groups in total. The molecule has 0 saturated heterocycles. The maximum absolute atomic E-state index is 11.7. The topological polar surface area (TPSA) is 72.9 Å². The van der Waals surface area contributed by atoms with Gasteiger partial charge in [-0.2, -0.15) is 0 Å². The molecule has 0 heterocycles. The summed E-state index contributed by atoms with van der Waals surface area (Å²) in [7, 11) is 0. The lowest BCUT2D eigenvalue weighted by molar-refractivity contribution is -0.142. The lowest BCUT2D eigenvalue weighted by Gasteiger charge is -2.23. The van der Waals surface area contributed by atoms with Crippen LogP contribution in [0.25, 0.3) is 0 Å². The highest BCUT2D eigenvalue weighted by atomic mass is 16.5. The molecule has 6 nitrogen and oxygen atoms in total. The summed E-state index contributed by atoms with van der Waals surface area (Å²) >= 11 is 0. The van der Waals surface area contributed by atoms with Gasteiger partial charge in [0, 0.05) is 11.3 Å². The van der Waals surface area contributed by atoms with Gasteiger partial charge < -0.3 is 14.4 Å². The Labute approximate surface area is 123 Å². The lowest BCUT2D eigenvalue weighted by atomic mass is 10.1. The third kappa shape index (κ3) is 5.25. The second kappa shape index (κ2) is 8.73. The van der Waals surface area contributed by atoms with Crippen LogP contribution in [0.5, 0.6) is 0 Å². The average molecular weight is 293 g/mol. The van der Waals surface area contributed by atoms with Gasteiger partial charge >= 0.3 is 11.9 Å². The number of anilines is 1. The molecule has 0 unspecified atom stereocenters. The van der Waals surface area contributed by atoms with Gasteiger partial charge in [-0.1, -0.05) is 12.1 Å². The Balaban J connectivity index is 2.97. The number of para-hydroxylation sites is 1. The molecule has 0 saturated carbocycles. The Morgan fingerprint density at radius 1 is 1.05 bits per heavy atom. The predicted molar refractivity (Wildman–Crippen MR) is 77.3 cm³/mol. The van der Waals surface area contributed by atoms with Crippen molar-refractivity contribution in [2.24, 2.45) is 0 Å². The number of esters is 2. The predicted octanol–water partition coefficient (Wildman–Crippen LogP) is 1.43. The molecule has 1 rings (SSSR count). The molecule has 0 aliphatic heterocycles. The number of hydrogen-bond acceptors (Lipinski definition) is 6. The standard InChI is InChI=1S/C15H19NO5/c1-3-20-14(18)9-16(10-15(19)21-4-2)13-8-6-5-7-12(13)11-17/h5-8,11H,3-4,9-10H2,1-2H3. The molecule has 0 spiro atoms. The summed E-state index contributed by atoms with van der Waals surface area (Å²) in [6.07, 6.45) is 0.679. The molecule has 1 aromatic carbocycles.